The van der Waals surface area contributed by atoms with Crippen LogP contribution in [0.25, 0.3) is 0 Å². The van der Waals surface area contributed by atoms with Crippen molar-refractivity contribution in [1.29, 1.82) is 0 Å². The molecule has 0 aliphatic rings. The van der Waals surface area contributed by atoms with Crippen LogP contribution in [0.5, 0.6) is 0 Å². The third-order valence-corrected chi connectivity index (χ3v) is 3.07. The van der Waals surface area contributed by atoms with Gasteiger partial charge >= 0.3 is 0 Å². The van der Waals surface area contributed by atoms with Crippen molar-refractivity contribution in [3.63, 3.8) is 0 Å². The zero-order valence-corrected chi connectivity index (χ0v) is 11.4. The van der Waals surface area contributed by atoms with Gasteiger partial charge in [-0.1, -0.05) is 0 Å². The lowest BCUT2D eigenvalue weighted by Gasteiger charge is -2.18. The molecule has 0 saturated carbocycles. The number of rotatable bonds is 4. The second-order valence-corrected chi connectivity index (χ2v) is 4.78. The van der Waals surface area contributed by atoms with Crippen LogP contribution in [0.3, 0.4) is 0 Å². The van der Waals surface area contributed by atoms with Gasteiger partial charge < -0.3 is 14.6 Å². The van der Waals surface area contributed by atoms with E-state index >= 15 is 0 Å². The molecule has 0 aliphatic carbocycles. The Labute approximate surface area is 108 Å². The van der Waals surface area contributed by atoms with Crippen LogP contribution >= 0.6 is 0 Å². The Morgan fingerprint density at radius 1 is 1.22 bits per heavy atom. The van der Waals surface area contributed by atoms with Crippen LogP contribution in [0, 0.1) is 6.92 Å². The Kier molecular flexibility index (Phi) is 3.60. The minimum Gasteiger partial charge on any atom is -0.467 e. The minimum atomic E-state index is 0.170. The van der Waals surface area contributed by atoms with Gasteiger partial charge in [-0.2, -0.15) is 0 Å². The highest BCUT2D eigenvalue weighted by atomic mass is 16.3. The van der Waals surface area contributed by atoms with Gasteiger partial charge in [-0.15, -0.1) is 0 Å². The molecule has 0 bridgehead atoms. The smallest absolute Gasteiger partial charge is 0.125 e. The Morgan fingerprint density at radius 2 is 2.00 bits per heavy atom. The van der Waals surface area contributed by atoms with E-state index in [1.54, 1.807) is 6.26 Å². The molecule has 2 rings (SSSR count). The first-order valence-electron chi connectivity index (χ1n) is 6.16. The fourth-order valence-corrected chi connectivity index (χ4v) is 1.93. The van der Waals surface area contributed by atoms with E-state index in [2.05, 4.69) is 42.3 Å². The summed E-state index contributed by atoms with van der Waals surface area (Å²) in [6.45, 7) is 4.21. The summed E-state index contributed by atoms with van der Waals surface area (Å²) >= 11 is 0. The Morgan fingerprint density at radius 3 is 2.56 bits per heavy atom. The average molecular weight is 244 g/mol. The Bertz CT molecular complexity index is 503. The Balaban J connectivity index is 2.15. The number of benzene rings is 1. The summed E-state index contributed by atoms with van der Waals surface area (Å²) in [7, 11) is 4.10. The maximum Gasteiger partial charge on any atom is 0.125 e. The summed E-state index contributed by atoms with van der Waals surface area (Å²) in [4.78, 5) is 2.10. The van der Waals surface area contributed by atoms with Gasteiger partial charge in [-0.05, 0) is 49.7 Å². The van der Waals surface area contributed by atoms with Crippen LogP contribution in [0.15, 0.2) is 41.0 Å². The van der Waals surface area contributed by atoms with E-state index in [-0.39, 0.29) is 6.04 Å². The molecule has 18 heavy (non-hydrogen) atoms. The zero-order valence-electron chi connectivity index (χ0n) is 11.4. The summed E-state index contributed by atoms with van der Waals surface area (Å²) in [5.41, 5.74) is 3.59. The Hall–Kier alpha value is -1.90. The van der Waals surface area contributed by atoms with Crippen molar-refractivity contribution in [3.8, 4) is 0 Å². The van der Waals surface area contributed by atoms with Crippen molar-refractivity contribution in [3.05, 3.63) is 47.9 Å². The van der Waals surface area contributed by atoms with Gasteiger partial charge in [0.1, 0.15) is 5.76 Å². The van der Waals surface area contributed by atoms with E-state index in [9.17, 15) is 0 Å². The minimum absolute atomic E-state index is 0.170. The molecular weight excluding hydrogens is 224 g/mol. The molecule has 1 unspecified atom stereocenters. The molecule has 0 aliphatic heterocycles. The normalized spacial score (nSPS) is 12.2. The lowest BCUT2D eigenvalue weighted by molar-refractivity contribution is 0.490. The fraction of sp³-hybridized carbons (Fsp3) is 0.333. The molecule has 1 aromatic carbocycles. The van der Waals surface area contributed by atoms with Crippen molar-refractivity contribution in [1.82, 2.24) is 0 Å². The fourth-order valence-electron chi connectivity index (χ4n) is 1.93. The molecule has 1 heterocycles. The molecule has 1 aromatic heterocycles. The molecule has 96 valence electrons. The highest BCUT2D eigenvalue weighted by Crippen LogP contribution is 2.25. The van der Waals surface area contributed by atoms with Gasteiger partial charge in [-0.25, -0.2) is 0 Å². The van der Waals surface area contributed by atoms with Crippen LogP contribution in [-0.4, -0.2) is 14.1 Å². The molecule has 0 spiro atoms. The van der Waals surface area contributed by atoms with Gasteiger partial charge in [0, 0.05) is 25.5 Å². The third-order valence-electron chi connectivity index (χ3n) is 3.07. The topological polar surface area (TPSA) is 28.4 Å². The summed E-state index contributed by atoms with van der Waals surface area (Å²) < 4.78 is 5.40. The molecular formula is C15H20N2O. The highest BCUT2D eigenvalue weighted by molar-refractivity contribution is 5.60. The second kappa shape index (κ2) is 5.17. The molecule has 1 atom stereocenters. The average Bonchev–Trinajstić information content (AvgIpc) is 2.85. The molecule has 0 radical (unpaired) electrons. The van der Waals surface area contributed by atoms with Crippen LogP contribution in [0.1, 0.15) is 24.3 Å². The first kappa shape index (κ1) is 12.6. The predicted octanol–water partition coefficient (Wildman–Crippen LogP) is 3.83. The van der Waals surface area contributed by atoms with Crippen molar-refractivity contribution >= 4 is 11.4 Å². The molecule has 1 N–H and O–H groups in total. The van der Waals surface area contributed by atoms with E-state index < -0.39 is 0 Å². The van der Waals surface area contributed by atoms with E-state index in [1.165, 1.54) is 11.3 Å². The summed E-state index contributed by atoms with van der Waals surface area (Å²) in [6, 6.07) is 10.5. The van der Waals surface area contributed by atoms with E-state index in [0.717, 1.165) is 11.4 Å². The number of nitrogens with zero attached hydrogens (tertiary/aromatic N) is 1. The van der Waals surface area contributed by atoms with Crippen molar-refractivity contribution in [2.75, 3.05) is 24.3 Å². The predicted molar refractivity (Wildman–Crippen MR) is 76.3 cm³/mol. The number of hydrogen-bond donors (Lipinski definition) is 1. The molecule has 2 aromatic rings. The van der Waals surface area contributed by atoms with Crippen LogP contribution in [-0.2, 0) is 0 Å². The summed E-state index contributed by atoms with van der Waals surface area (Å²) in [6.07, 6.45) is 1.70. The lowest BCUT2D eigenvalue weighted by Crippen LogP contribution is -2.10. The van der Waals surface area contributed by atoms with Gasteiger partial charge in [-0.3, -0.25) is 0 Å². The molecule has 3 nitrogen and oxygen atoms in total. The molecule has 0 fully saturated rings. The monoisotopic (exact) mass is 244 g/mol. The van der Waals surface area contributed by atoms with Gasteiger partial charge in [0.05, 0.1) is 12.3 Å². The first-order chi connectivity index (χ1) is 8.58. The number of aryl methyl sites for hydroxylation is 1. The largest absolute Gasteiger partial charge is 0.467 e. The maximum atomic E-state index is 5.40. The van der Waals surface area contributed by atoms with Gasteiger partial charge in [0.25, 0.3) is 0 Å². The number of furan rings is 1. The summed E-state index contributed by atoms with van der Waals surface area (Å²) in [5.74, 6) is 0.950. The lowest BCUT2D eigenvalue weighted by atomic mass is 10.1. The number of nitrogens with one attached hydrogen (secondary N) is 1. The first-order valence-corrected chi connectivity index (χ1v) is 6.16. The molecule has 0 amide bonds. The highest BCUT2D eigenvalue weighted by Gasteiger charge is 2.09. The molecule has 0 saturated heterocycles. The van der Waals surface area contributed by atoms with E-state index in [1.807, 2.05) is 26.2 Å². The standard InChI is InChI=1S/C15H20N2O/c1-11-10-13(17(3)4)7-8-14(11)16-12(2)15-6-5-9-18-15/h5-10,12,16H,1-4H3. The van der Waals surface area contributed by atoms with Gasteiger partial charge in [0.15, 0.2) is 0 Å². The molecule has 3 heteroatoms. The number of hydrogen-bond acceptors (Lipinski definition) is 3. The van der Waals surface area contributed by atoms with Crippen molar-refractivity contribution in [2.24, 2.45) is 0 Å². The quantitative estimate of drug-likeness (QED) is 0.886. The van der Waals surface area contributed by atoms with Crippen LogP contribution < -0.4 is 10.2 Å². The second-order valence-electron chi connectivity index (χ2n) is 4.78. The van der Waals surface area contributed by atoms with Crippen LogP contribution in [0.4, 0.5) is 11.4 Å². The zero-order chi connectivity index (χ0) is 13.1. The number of anilines is 2. The SMILES string of the molecule is Cc1cc(N(C)C)ccc1NC(C)c1ccco1. The maximum absolute atomic E-state index is 5.40. The van der Waals surface area contributed by atoms with Crippen LogP contribution in [0.2, 0.25) is 0 Å². The van der Waals surface area contributed by atoms with Gasteiger partial charge in [0.2, 0.25) is 0 Å². The third kappa shape index (κ3) is 2.67. The summed E-state index contributed by atoms with van der Waals surface area (Å²) in [5, 5.41) is 3.47. The van der Waals surface area contributed by atoms with E-state index in [0.29, 0.717) is 0 Å². The van der Waals surface area contributed by atoms with E-state index in [4.69, 9.17) is 4.42 Å². The van der Waals surface area contributed by atoms with Crippen molar-refractivity contribution < 1.29 is 4.42 Å². The van der Waals surface area contributed by atoms with Crippen molar-refractivity contribution in [2.45, 2.75) is 19.9 Å².